The zero-order valence-electron chi connectivity index (χ0n) is 10.5. The van der Waals surface area contributed by atoms with Gasteiger partial charge < -0.3 is 14.2 Å². The number of hydrogen-bond acceptors (Lipinski definition) is 3. The highest BCUT2D eigenvalue weighted by molar-refractivity contribution is 5.42. The summed E-state index contributed by atoms with van der Waals surface area (Å²) in [4.78, 5) is 0. The Kier molecular flexibility index (Phi) is 5.29. The topological polar surface area (TPSA) is 27.7 Å². The molecule has 0 fully saturated rings. The van der Waals surface area contributed by atoms with Gasteiger partial charge in [0.25, 0.3) is 0 Å². The van der Waals surface area contributed by atoms with E-state index in [2.05, 4.69) is 19.1 Å². The first-order valence-electron chi connectivity index (χ1n) is 5.42. The largest absolute Gasteiger partial charge is 0.467 e. The van der Waals surface area contributed by atoms with Crippen LogP contribution in [0, 0.1) is 20.8 Å². The second-order valence-corrected chi connectivity index (χ2v) is 3.89. The Hall–Kier alpha value is -1.06. The van der Waals surface area contributed by atoms with Crippen molar-refractivity contribution in [3.05, 3.63) is 28.8 Å². The maximum absolute atomic E-state index is 5.59. The molecule has 0 saturated carbocycles. The van der Waals surface area contributed by atoms with Gasteiger partial charge in [-0.25, -0.2) is 0 Å². The molecule has 0 bridgehead atoms. The van der Waals surface area contributed by atoms with Gasteiger partial charge in [-0.1, -0.05) is 17.7 Å². The number of hydrogen-bond donors (Lipinski definition) is 0. The highest BCUT2D eigenvalue weighted by atomic mass is 16.7. The number of ether oxygens (including phenoxy) is 3. The molecule has 0 atom stereocenters. The summed E-state index contributed by atoms with van der Waals surface area (Å²) in [6.07, 6.45) is 0. The first-order chi connectivity index (χ1) is 7.65. The monoisotopic (exact) mass is 224 g/mol. The normalized spacial score (nSPS) is 10.5. The molecule has 0 radical (unpaired) electrons. The third-order valence-corrected chi connectivity index (χ3v) is 2.32. The summed E-state index contributed by atoms with van der Waals surface area (Å²) in [7, 11) is 1.65. The smallest absolute Gasteiger partial charge is 0.189 e. The standard InChI is InChI=1S/C13H20O3/c1-10-7-11(2)13(12(3)8-10)16-9-15-6-5-14-4/h7-8H,5-6,9H2,1-4H3. The van der Waals surface area contributed by atoms with Gasteiger partial charge in [0.05, 0.1) is 13.2 Å². The summed E-state index contributed by atoms with van der Waals surface area (Å²) >= 11 is 0. The lowest BCUT2D eigenvalue weighted by Crippen LogP contribution is -2.09. The van der Waals surface area contributed by atoms with Gasteiger partial charge in [0, 0.05) is 7.11 Å². The molecule has 0 aliphatic rings. The fraction of sp³-hybridized carbons (Fsp3) is 0.538. The highest BCUT2D eigenvalue weighted by Gasteiger charge is 2.04. The van der Waals surface area contributed by atoms with Gasteiger partial charge in [-0.2, -0.15) is 0 Å². The zero-order valence-corrected chi connectivity index (χ0v) is 10.5. The van der Waals surface area contributed by atoms with Gasteiger partial charge in [-0.15, -0.1) is 0 Å². The minimum Gasteiger partial charge on any atom is -0.467 e. The molecule has 3 nitrogen and oxygen atoms in total. The average Bonchev–Trinajstić information content (AvgIpc) is 2.20. The van der Waals surface area contributed by atoms with Crippen LogP contribution in [0.2, 0.25) is 0 Å². The molecule has 0 unspecified atom stereocenters. The van der Waals surface area contributed by atoms with E-state index < -0.39 is 0 Å². The average molecular weight is 224 g/mol. The summed E-state index contributed by atoms with van der Waals surface area (Å²) in [5, 5.41) is 0. The molecule has 0 N–H and O–H groups in total. The lowest BCUT2D eigenvalue weighted by molar-refractivity contribution is -0.00905. The molecular formula is C13H20O3. The molecule has 1 rings (SSSR count). The van der Waals surface area contributed by atoms with E-state index in [1.54, 1.807) is 7.11 Å². The second-order valence-electron chi connectivity index (χ2n) is 3.89. The van der Waals surface area contributed by atoms with E-state index >= 15 is 0 Å². The zero-order chi connectivity index (χ0) is 12.0. The van der Waals surface area contributed by atoms with Crippen LogP contribution in [0.25, 0.3) is 0 Å². The van der Waals surface area contributed by atoms with Crippen molar-refractivity contribution >= 4 is 0 Å². The first kappa shape index (κ1) is 13.0. The third-order valence-electron chi connectivity index (χ3n) is 2.32. The van der Waals surface area contributed by atoms with Gasteiger partial charge in [-0.3, -0.25) is 0 Å². The molecule has 1 aromatic rings. The van der Waals surface area contributed by atoms with Crippen LogP contribution in [0.1, 0.15) is 16.7 Å². The second kappa shape index (κ2) is 6.51. The predicted octanol–water partition coefficient (Wildman–Crippen LogP) is 2.61. The van der Waals surface area contributed by atoms with Crippen LogP contribution in [-0.2, 0) is 9.47 Å². The van der Waals surface area contributed by atoms with E-state index in [4.69, 9.17) is 14.2 Å². The Bertz CT molecular complexity index is 311. The highest BCUT2D eigenvalue weighted by Crippen LogP contribution is 2.24. The number of rotatable bonds is 6. The van der Waals surface area contributed by atoms with Crippen LogP contribution in [0.3, 0.4) is 0 Å². The molecule has 0 saturated heterocycles. The minimum atomic E-state index is 0.272. The van der Waals surface area contributed by atoms with E-state index in [1.807, 2.05) is 13.8 Å². The maximum Gasteiger partial charge on any atom is 0.189 e. The predicted molar refractivity (Wildman–Crippen MR) is 64.0 cm³/mol. The Morgan fingerprint density at radius 3 is 2.19 bits per heavy atom. The molecule has 90 valence electrons. The molecule has 0 amide bonds. The molecule has 0 spiro atoms. The van der Waals surface area contributed by atoms with Crippen molar-refractivity contribution in [1.82, 2.24) is 0 Å². The quantitative estimate of drug-likeness (QED) is 0.549. The van der Waals surface area contributed by atoms with Crippen molar-refractivity contribution < 1.29 is 14.2 Å². The summed E-state index contributed by atoms with van der Waals surface area (Å²) in [6, 6.07) is 4.22. The number of methoxy groups -OCH3 is 1. The van der Waals surface area contributed by atoms with Crippen LogP contribution in [-0.4, -0.2) is 27.1 Å². The van der Waals surface area contributed by atoms with Gasteiger partial charge in [0.15, 0.2) is 6.79 Å². The summed E-state index contributed by atoms with van der Waals surface area (Å²) in [5.74, 6) is 0.919. The number of aryl methyl sites for hydroxylation is 3. The van der Waals surface area contributed by atoms with E-state index in [1.165, 1.54) is 5.56 Å². The van der Waals surface area contributed by atoms with Crippen molar-refractivity contribution in [3.8, 4) is 5.75 Å². The molecule has 16 heavy (non-hydrogen) atoms. The van der Waals surface area contributed by atoms with Crippen LogP contribution in [0.5, 0.6) is 5.75 Å². The van der Waals surface area contributed by atoms with Crippen molar-refractivity contribution in [2.45, 2.75) is 20.8 Å². The molecule has 0 aliphatic carbocycles. The molecule has 0 aliphatic heterocycles. The third kappa shape index (κ3) is 3.83. The Morgan fingerprint density at radius 1 is 1.00 bits per heavy atom. The van der Waals surface area contributed by atoms with Crippen molar-refractivity contribution in [2.75, 3.05) is 27.1 Å². The molecule has 0 heterocycles. The summed E-state index contributed by atoms with van der Waals surface area (Å²) < 4.78 is 15.7. The van der Waals surface area contributed by atoms with E-state index in [0.717, 1.165) is 16.9 Å². The lowest BCUT2D eigenvalue weighted by Gasteiger charge is -2.13. The Balaban J connectivity index is 2.47. The van der Waals surface area contributed by atoms with Gasteiger partial charge in [-0.05, 0) is 31.9 Å². The Morgan fingerprint density at radius 2 is 1.62 bits per heavy atom. The van der Waals surface area contributed by atoms with Crippen molar-refractivity contribution in [3.63, 3.8) is 0 Å². The van der Waals surface area contributed by atoms with Crippen LogP contribution in [0.4, 0.5) is 0 Å². The van der Waals surface area contributed by atoms with Crippen LogP contribution in [0.15, 0.2) is 12.1 Å². The number of benzene rings is 1. The van der Waals surface area contributed by atoms with Crippen molar-refractivity contribution in [1.29, 1.82) is 0 Å². The Labute approximate surface area is 97.3 Å². The van der Waals surface area contributed by atoms with Gasteiger partial charge >= 0.3 is 0 Å². The van der Waals surface area contributed by atoms with Crippen LogP contribution < -0.4 is 4.74 Å². The first-order valence-corrected chi connectivity index (χ1v) is 5.42. The molecule has 3 heteroatoms. The fourth-order valence-corrected chi connectivity index (χ4v) is 1.70. The minimum absolute atomic E-state index is 0.272. The van der Waals surface area contributed by atoms with Crippen molar-refractivity contribution in [2.24, 2.45) is 0 Å². The van der Waals surface area contributed by atoms with E-state index in [0.29, 0.717) is 13.2 Å². The van der Waals surface area contributed by atoms with Gasteiger partial charge in [0.1, 0.15) is 5.75 Å². The van der Waals surface area contributed by atoms with Gasteiger partial charge in [0.2, 0.25) is 0 Å². The maximum atomic E-state index is 5.59. The van der Waals surface area contributed by atoms with Crippen LogP contribution >= 0.6 is 0 Å². The van der Waals surface area contributed by atoms with E-state index in [9.17, 15) is 0 Å². The summed E-state index contributed by atoms with van der Waals surface area (Å²) in [5.41, 5.74) is 3.54. The molecular weight excluding hydrogens is 204 g/mol. The molecule has 1 aromatic carbocycles. The summed E-state index contributed by atoms with van der Waals surface area (Å²) in [6.45, 7) is 7.59. The fourth-order valence-electron chi connectivity index (χ4n) is 1.70. The van der Waals surface area contributed by atoms with E-state index in [-0.39, 0.29) is 6.79 Å². The molecule has 0 aromatic heterocycles. The SMILES string of the molecule is COCCOCOc1c(C)cc(C)cc1C. The lowest BCUT2D eigenvalue weighted by atomic mass is 10.1.